The van der Waals surface area contributed by atoms with E-state index in [4.69, 9.17) is 16.3 Å². The van der Waals surface area contributed by atoms with Crippen LogP contribution in [0.2, 0.25) is 5.02 Å². The fourth-order valence-electron chi connectivity index (χ4n) is 3.19. The molecule has 8 heteroatoms. The second-order valence-electron chi connectivity index (χ2n) is 8.22. The molecule has 0 unspecified atom stereocenters. The number of para-hydroxylation sites is 1. The van der Waals surface area contributed by atoms with Gasteiger partial charge in [0.2, 0.25) is 0 Å². The Labute approximate surface area is 214 Å². The van der Waals surface area contributed by atoms with Crippen molar-refractivity contribution >= 4 is 40.5 Å². The molecule has 0 saturated heterocycles. The molecule has 7 nitrogen and oxygen atoms in total. The summed E-state index contributed by atoms with van der Waals surface area (Å²) >= 11 is 5.83. The van der Waals surface area contributed by atoms with Gasteiger partial charge in [-0.3, -0.25) is 19.8 Å². The van der Waals surface area contributed by atoms with Gasteiger partial charge in [0.1, 0.15) is 11.4 Å². The lowest BCUT2D eigenvalue weighted by atomic mass is 10.0. The van der Waals surface area contributed by atoms with Crippen LogP contribution in [-0.2, 0) is 4.79 Å². The van der Waals surface area contributed by atoms with Gasteiger partial charge >= 0.3 is 0 Å². The van der Waals surface area contributed by atoms with Gasteiger partial charge in [0.15, 0.2) is 17.7 Å². The first kappa shape index (κ1) is 26.5. The minimum Gasteiger partial charge on any atom is -0.478 e. The Balaban J connectivity index is 0.000000249. The van der Waals surface area contributed by atoms with Crippen LogP contribution in [0, 0.1) is 0 Å². The van der Waals surface area contributed by atoms with E-state index in [1.807, 2.05) is 30.3 Å². The molecule has 1 amide bonds. The zero-order chi connectivity index (χ0) is 26.1. The molecule has 0 spiro atoms. The van der Waals surface area contributed by atoms with Crippen LogP contribution < -0.4 is 15.6 Å². The third-order valence-corrected chi connectivity index (χ3v) is 5.37. The van der Waals surface area contributed by atoms with Crippen LogP contribution >= 0.6 is 11.6 Å². The van der Waals surface area contributed by atoms with E-state index in [0.717, 1.165) is 17.2 Å². The summed E-state index contributed by atoms with van der Waals surface area (Å²) in [5, 5.41) is 1.64. The van der Waals surface area contributed by atoms with Gasteiger partial charge in [0.25, 0.3) is 5.91 Å². The van der Waals surface area contributed by atoms with E-state index in [9.17, 15) is 14.4 Å². The van der Waals surface area contributed by atoms with Gasteiger partial charge in [-0.1, -0.05) is 35.9 Å². The maximum absolute atomic E-state index is 12.4. The number of hydrazine groups is 1. The number of nitrogens with zero attached hydrogens (tertiary/aromatic N) is 1. The van der Waals surface area contributed by atoms with E-state index in [1.165, 1.54) is 0 Å². The average Bonchev–Trinajstić information content (AvgIpc) is 2.89. The summed E-state index contributed by atoms with van der Waals surface area (Å²) < 4.78 is 5.69. The van der Waals surface area contributed by atoms with Gasteiger partial charge in [0.05, 0.1) is 5.52 Å². The van der Waals surface area contributed by atoms with E-state index in [2.05, 4.69) is 15.8 Å². The third-order valence-electron chi connectivity index (χ3n) is 5.12. The zero-order valence-corrected chi connectivity index (χ0v) is 20.9. The smallest absolute Gasteiger partial charge is 0.277 e. The molecule has 0 atom stereocenters. The first-order valence-electron chi connectivity index (χ1n) is 11.1. The average molecular weight is 504 g/mol. The lowest BCUT2D eigenvalue weighted by Gasteiger charge is -2.25. The maximum Gasteiger partial charge on any atom is 0.277 e. The lowest BCUT2D eigenvalue weighted by molar-refractivity contribution is -0.135. The fraction of sp³-hybridized carbons (Fsp3) is 0.143. The largest absolute Gasteiger partial charge is 0.478 e. The first-order chi connectivity index (χ1) is 17.2. The highest BCUT2D eigenvalue weighted by atomic mass is 35.5. The van der Waals surface area contributed by atoms with Crippen LogP contribution in [0.3, 0.4) is 0 Å². The molecule has 3 aromatic carbocycles. The molecular formula is C28H26ClN3O4. The SMILES string of the molecule is CNNC(=O)C(C)(C)Oc1ccc(C(=O)c2ccc(Cl)cc2)cc1.O=Cc1ccc2ccccc2n1. The molecule has 0 saturated carbocycles. The Morgan fingerprint density at radius 3 is 2.11 bits per heavy atom. The Hall–Kier alpha value is -4.07. The first-order valence-corrected chi connectivity index (χ1v) is 11.5. The lowest BCUT2D eigenvalue weighted by Crippen LogP contribution is -2.50. The van der Waals surface area contributed by atoms with Gasteiger partial charge < -0.3 is 4.74 Å². The van der Waals surface area contributed by atoms with Crippen molar-refractivity contribution in [3.63, 3.8) is 0 Å². The number of hydrogen-bond acceptors (Lipinski definition) is 6. The summed E-state index contributed by atoms with van der Waals surface area (Å²) in [7, 11) is 1.60. The molecule has 184 valence electrons. The minimum absolute atomic E-state index is 0.106. The third kappa shape index (κ3) is 6.97. The number of carbonyl (C=O) groups is 3. The normalized spacial score (nSPS) is 10.7. The quantitative estimate of drug-likeness (QED) is 0.209. The summed E-state index contributed by atoms with van der Waals surface area (Å²) in [4.78, 5) is 38.8. The van der Waals surface area contributed by atoms with Crippen LogP contribution in [-0.4, -0.2) is 35.6 Å². The Morgan fingerprint density at radius 2 is 1.50 bits per heavy atom. The summed E-state index contributed by atoms with van der Waals surface area (Å²) in [5.74, 6) is 0.0932. The Morgan fingerprint density at radius 1 is 0.889 bits per heavy atom. The number of rotatable bonds is 7. The number of fused-ring (bicyclic) bond motifs is 1. The molecule has 0 fully saturated rings. The van der Waals surface area contributed by atoms with Crippen molar-refractivity contribution in [2.24, 2.45) is 0 Å². The van der Waals surface area contributed by atoms with Crippen LogP contribution in [0.1, 0.15) is 40.3 Å². The number of benzene rings is 3. The summed E-state index contributed by atoms with van der Waals surface area (Å²) in [6, 6.07) is 24.7. The second-order valence-corrected chi connectivity index (χ2v) is 8.66. The number of pyridine rings is 1. The predicted octanol–water partition coefficient (Wildman–Crippen LogP) is 5.03. The van der Waals surface area contributed by atoms with Crippen molar-refractivity contribution in [3.8, 4) is 5.75 Å². The molecule has 0 aliphatic rings. The van der Waals surface area contributed by atoms with Crippen LogP contribution in [0.4, 0.5) is 0 Å². The van der Waals surface area contributed by atoms with Crippen molar-refractivity contribution < 1.29 is 19.1 Å². The monoisotopic (exact) mass is 503 g/mol. The molecule has 4 aromatic rings. The number of carbonyl (C=O) groups excluding carboxylic acids is 3. The zero-order valence-electron chi connectivity index (χ0n) is 20.1. The number of nitrogens with one attached hydrogen (secondary N) is 2. The number of ketones is 1. The summed E-state index contributed by atoms with van der Waals surface area (Å²) in [5.41, 5.74) is 6.43. The van der Waals surface area contributed by atoms with Crippen LogP contribution in [0.25, 0.3) is 10.9 Å². The van der Waals surface area contributed by atoms with E-state index in [-0.39, 0.29) is 11.7 Å². The molecule has 1 heterocycles. The van der Waals surface area contributed by atoms with Crippen molar-refractivity contribution in [1.29, 1.82) is 0 Å². The van der Waals surface area contributed by atoms with Gasteiger partial charge in [0, 0.05) is 28.6 Å². The molecule has 0 aliphatic carbocycles. The number of aromatic nitrogens is 1. The predicted molar refractivity (Wildman–Crippen MR) is 140 cm³/mol. The van der Waals surface area contributed by atoms with E-state index in [1.54, 1.807) is 75.5 Å². The molecular weight excluding hydrogens is 478 g/mol. The number of aldehydes is 1. The van der Waals surface area contributed by atoms with Crippen molar-refractivity contribution in [1.82, 2.24) is 15.8 Å². The number of amides is 1. The van der Waals surface area contributed by atoms with Gasteiger partial charge in [-0.2, -0.15) is 0 Å². The number of ether oxygens (including phenoxy) is 1. The summed E-state index contributed by atoms with van der Waals surface area (Å²) in [6.07, 6.45) is 0.756. The Bertz CT molecular complexity index is 1350. The van der Waals surface area contributed by atoms with Crippen molar-refractivity contribution in [3.05, 3.63) is 107 Å². The Kier molecular flexibility index (Phi) is 8.89. The maximum atomic E-state index is 12.4. The van der Waals surface area contributed by atoms with Gasteiger partial charge in [-0.15, -0.1) is 0 Å². The highest BCUT2D eigenvalue weighted by Gasteiger charge is 2.29. The van der Waals surface area contributed by atoms with Gasteiger partial charge in [-0.05, 0) is 74.5 Å². The molecule has 0 radical (unpaired) electrons. The molecule has 2 N–H and O–H groups in total. The molecule has 1 aromatic heterocycles. The number of halogens is 1. The topological polar surface area (TPSA) is 97.4 Å². The fourth-order valence-corrected chi connectivity index (χ4v) is 3.32. The number of hydrogen-bond donors (Lipinski definition) is 2. The standard InChI is InChI=1S/C18H19ClN2O3.C10H7NO/c1-18(2,17(23)21-20-3)24-15-10-6-13(7-11-15)16(22)12-4-8-14(19)9-5-12;12-7-9-6-5-8-3-1-2-4-10(8)11-9/h4-11,20H,1-3H3,(H,21,23);1-7H. The minimum atomic E-state index is -1.05. The van der Waals surface area contributed by atoms with E-state index in [0.29, 0.717) is 27.6 Å². The van der Waals surface area contributed by atoms with E-state index < -0.39 is 5.60 Å². The highest BCUT2D eigenvalue weighted by molar-refractivity contribution is 6.30. The molecule has 0 bridgehead atoms. The van der Waals surface area contributed by atoms with Crippen molar-refractivity contribution in [2.75, 3.05) is 7.05 Å². The van der Waals surface area contributed by atoms with Crippen LogP contribution in [0.5, 0.6) is 5.75 Å². The van der Waals surface area contributed by atoms with Crippen molar-refractivity contribution in [2.45, 2.75) is 19.4 Å². The highest BCUT2D eigenvalue weighted by Crippen LogP contribution is 2.21. The van der Waals surface area contributed by atoms with Gasteiger partial charge in [-0.25, -0.2) is 10.4 Å². The summed E-state index contributed by atoms with van der Waals surface area (Å²) in [6.45, 7) is 3.32. The second kappa shape index (κ2) is 12.1. The van der Waals surface area contributed by atoms with E-state index >= 15 is 0 Å². The molecule has 0 aliphatic heterocycles. The molecule has 36 heavy (non-hydrogen) atoms. The van der Waals surface area contributed by atoms with Crippen LogP contribution in [0.15, 0.2) is 84.9 Å². The molecule has 4 rings (SSSR count).